The van der Waals surface area contributed by atoms with Gasteiger partial charge in [0.2, 0.25) is 0 Å². The first-order valence-corrected chi connectivity index (χ1v) is 12.2. The summed E-state index contributed by atoms with van der Waals surface area (Å²) in [7, 11) is 2.76. The van der Waals surface area contributed by atoms with E-state index in [2.05, 4.69) is 22.5 Å². The van der Waals surface area contributed by atoms with Gasteiger partial charge >= 0.3 is 11.9 Å². The van der Waals surface area contributed by atoms with Crippen molar-refractivity contribution in [2.45, 2.75) is 110 Å². The largest absolute Gasteiger partial charge is 0.469 e. The number of methoxy groups -OCH3 is 2. The van der Waals surface area contributed by atoms with Crippen LogP contribution in [0, 0.1) is 0 Å². The van der Waals surface area contributed by atoms with Crippen molar-refractivity contribution >= 4 is 11.9 Å². The van der Waals surface area contributed by atoms with Gasteiger partial charge in [0.25, 0.3) is 0 Å². The lowest BCUT2D eigenvalue weighted by Gasteiger charge is -2.15. The molecule has 31 heavy (non-hydrogen) atoms. The predicted octanol–water partition coefficient (Wildman–Crippen LogP) is 6.12. The molecule has 0 unspecified atom stereocenters. The Morgan fingerprint density at radius 2 is 1.13 bits per heavy atom. The van der Waals surface area contributed by atoms with E-state index in [9.17, 15) is 9.59 Å². The zero-order chi connectivity index (χ0) is 23.0. The molecule has 0 aliphatic carbocycles. The first-order chi connectivity index (χ1) is 15.1. The summed E-state index contributed by atoms with van der Waals surface area (Å²) in [6, 6.07) is 0. The molecule has 0 atom stereocenters. The molecule has 0 rings (SSSR count). The van der Waals surface area contributed by atoms with E-state index in [0.717, 1.165) is 6.42 Å². The van der Waals surface area contributed by atoms with Gasteiger partial charge in [-0.3, -0.25) is 9.59 Å². The third-order valence-electron chi connectivity index (χ3n) is 5.09. The molecule has 0 fully saturated rings. The lowest BCUT2D eigenvalue weighted by atomic mass is 10.1. The maximum atomic E-state index is 11.2. The van der Waals surface area contributed by atoms with Crippen LogP contribution in [-0.2, 0) is 28.5 Å². The van der Waals surface area contributed by atoms with Crippen LogP contribution in [0.25, 0.3) is 0 Å². The molecular weight excluding hydrogens is 396 g/mol. The quantitative estimate of drug-likeness (QED) is 0.0870. The molecule has 0 radical (unpaired) electrons. The number of hydrogen-bond acceptors (Lipinski definition) is 6. The van der Waals surface area contributed by atoms with Crippen molar-refractivity contribution in [2.24, 2.45) is 0 Å². The van der Waals surface area contributed by atoms with Crippen molar-refractivity contribution in [3.8, 4) is 0 Å². The molecule has 0 aromatic carbocycles. The summed E-state index contributed by atoms with van der Waals surface area (Å²) in [6.07, 6.45) is 19.7. The Morgan fingerprint density at radius 3 is 1.58 bits per heavy atom. The van der Waals surface area contributed by atoms with E-state index >= 15 is 0 Å². The summed E-state index contributed by atoms with van der Waals surface area (Å²) < 4.78 is 20.7. The molecule has 0 saturated heterocycles. The van der Waals surface area contributed by atoms with Crippen LogP contribution in [0.1, 0.15) is 103 Å². The monoisotopic (exact) mass is 442 g/mol. The molecule has 0 aromatic heterocycles. The van der Waals surface area contributed by atoms with Gasteiger partial charge in [0.15, 0.2) is 6.29 Å². The van der Waals surface area contributed by atoms with Gasteiger partial charge in [0.05, 0.1) is 27.4 Å². The highest BCUT2D eigenvalue weighted by Crippen LogP contribution is 2.12. The minimum Gasteiger partial charge on any atom is -0.469 e. The van der Waals surface area contributed by atoms with Gasteiger partial charge < -0.3 is 18.9 Å². The Labute approximate surface area is 190 Å². The maximum absolute atomic E-state index is 11.2. The third kappa shape index (κ3) is 21.6. The number of esters is 2. The van der Waals surface area contributed by atoms with E-state index in [1.54, 1.807) is 0 Å². The number of carbonyl (C=O) groups excluding carboxylic acids is 2. The van der Waals surface area contributed by atoms with E-state index < -0.39 is 6.29 Å². The molecule has 0 N–H and O–H groups in total. The molecule has 0 saturated carbocycles. The number of ether oxygens (including phenoxy) is 4. The van der Waals surface area contributed by atoms with E-state index in [4.69, 9.17) is 9.47 Å². The standard InChI is InChI=1S/C25H46O6/c1-4-5-6-7-8-9-10-11-12-13-14-15-20-25(30-21-16-18-23(26)28-2)31-22-17-19-24(27)29-3/h15,20,25H,4-14,16-19,21-22H2,1-3H3/b20-15-. The Morgan fingerprint density at radius 1 is 0.677 bits per heavy atom. The van der Waals surface area contributed by atoms with Gasteiger partial charge in [-0.15, -0.1) is 0 Å². The highest BCUT2D eigenvalue weighted by molar-refractivity contribution is 5.69. The van der Waals surface area contributed by atoms with Gasteiger partial charge in [-0.2, -0.15) is 0 Å². The fourth-order valence-electron chi connectivity index (χ4n) is 3.15. The summed E-state index contributed by atoms with van der Waals surface area (Å²) in [5.74, 6) is -0.480. The van der Waals surface area contributed by atoms with Gasteiger partial charge in [0, 0.05) is 12.8 Å². The summed E-state index contributed by atoms with van der Waals surface area (Å²) in [5.41, 5.74) is 0. The van der Waals surface area contributed by atoms with Crippen LogP contribution in [0.4, 0.5) is 0 Å². The molecule has 0 aliphatic heterocycles. The number of hydrogen-bond donors (Lipinski definition) is 0. The van der Waals surface area contributed by atoms with Crippen molar-refractivity contribution in [1.29, 1.82) is 0 Å². The van der Waals surface area contributed by atoms with Gasteiger partial charge in [0.1, 0.15) is 0 Å². The third-order valence-corrected chi connectivity index (χ3v) is 5.09. The van der Waals surface area contributed by atoms with Gasteiger partial charge in [-0.1, -0.05) is 70.8 Å². The smallest absolute Gasteiger partial charge is 0.305 e. The summed E-state index contributed by atoms with van der Waals surface area (Å²) in [5, 5.41) is 0. The Hall–Kier alpha value is -1.40. The van der Waals surface area contributed by atoms with Crippen LogP contribution in [0.2, 0.25) is 0 Å². The molecule has 6 nitrogen and oxygen atoms in total. The Kier molecular flexibility index (Phi) is 22.2. The number of rotatable bonds is 22. The average Bonchev–Trinajstić information content (AvgIpc) is 2.78. The lowest BCUT2D eigenvalue weighted by molar-refractivity contribution is -0.143. The summed E-state index contributed by atoms with van der Waals surface area (Å²) in [4.78, 5) is 22.4. The summed E-state index contributed by atoms with van der Waals surface area (Å²) in [6.45, 7) is 3.09. The van der Waals surface area contributed by atoms with Crippen LogP contribution in [0.15, 0.2) is 12.2 Å². The molecule has 182 valence electrons. The number of allylic oxidation sites excluding steroid dienone is 1. The van der Waals surface area contributed by atoms with Crippen LogP contribution in [0.5, 0.6) is 0 Å². The Balaban J connectivity index is 3.96. The second-order valence-corrected chi connectivity index (χ2v) is 7.87. The average molecular weight is 443 g/mol. The van der Waals surface area contributed by atoms with Crippen LogP contribution in [0.3, 0.4) is 0 Å². The van der Waals surface area contributed by atoms with Crippen molar-refractivity contribution in [3.05, 3.63) is 12.2 Å². The van der Waals surface area contributed by atoms with Crippen LogP contribution < -0.4 is 0 Å². The topological polar surface area (TPSA) is 71.1 Å². The number of carbonyl (C=O) groups is 2. The maximum Gasteiger partial charge on any atom is 0.305 e. The van der Waals surface area contributed by atoms with E-state index in [1.807, 2.05) is 6.08 Å². The molecule has 0 aromatic rings. The molecule has 6 heteroatoms. The van der Waals surface area contributed by atoms with Crippen molar-refractivity contribution in [1.82, 2.24) is 0 Å². The fraction of sp³-hybridized carbons (Fsp3) is 0.840. The Bertz CT molecular complexity index is 425. The predicted molar refractivity (Wildman–Crippen MR) is 124 cm³/mol. The first-order valence-electron chi connectivity index (χ1n) is 12.2. The minimum absolute atomic E-state index is 0.240. The first kappa shape index (κ1) is 29.6. The van der Waals surface area contributed by atoms with Gasteiger partial charge in [-0.05, 0) is 31.8 Å². The highest BCUT2D eigenvalue weighted by Gasteiger charge is 2.08. The number of unbranched alkanes of at least 4 members (excludes halogenated alkanes) is 10. The second-order valence-electron chi connectivity index (χ2n) is 7.87. The molecular formula is C25H46O6. The zero-order valence-corrected chi connectivity index (χ0v) is 20.2. The van der Waals surface area contributed by atoms with Gasteiger partial charge in [-0.25, -0.2) is 0 Å². The molecule has 0 amide bonds. The highest BCUT2D eigenvalue weighted by atomic mass is 16.7. The minimum atomic E-state index is -0.460. The van der Waals surface area contributed by atoms with Crippen LogP contribution in [-0.4, -0.2) is 45.7 Å². The normalized spacial score (nSPS) is 11.4. The molecule has 0 spiro atoms. The van der Waals surface area contributed by atoms with Crippen molar-refractivity contribution in [3.63, 3.8) is 0 Å². The van der Waals surface area contributed by atoms with Crippen molar-refractivity contribution in [2.75, 3.05) is 27.4 Å². The second kappa shape index (κ2) is 23.3. The molecule has 0 bridgehead atoms. The fourth-order valence-corrected chi connectivity index (χ4v) is 3.15. The van der Waals surface area contributed by atoms with E-state index in [-0.39, 0.29) is 11.9 Å². The van der Waals surface area contributed by atoms with E-state index in [1.165, 1.54) is 78.4 Å². The zero-order valence-electron chi connectivity index (χ0n) is 20.2. The molecule has 0 aliphatic rings. The lowest BCUT2D eigenvalue weighted by Crippen LogP contribution is -2.17. The SMILES string of the molecule is CCCCCCCCCCCC/C=C\C(OCCCC(=O)OC)OCCCC(=O)OC. The summed E-state index contributed by atoms with van der Waals surface area (Å²) >= 11 is 0. The van der Waals surface area contributed by atoms with E-state index in [0.29, 0.717) is 38.9 Å². The van der Waals surface area contributed by atoms with Crippen molar-refractivity contribution < 1.29 is 28.5 Å². The molecule has 0 heterocycles. The van der Waals surface area contributed by atoms with Crippen LogP contribution >= 0.6 is 0 Å².